The van der Waals surface area contributed by atoms with Crippen molar-refractivity contribution >= 4 is 34.5 Å². The summed E-state index contributed by atoms with van der Waals surface area (Å²) in [4.78, 5) is 36.5. The Balaban J connectivity index is 1.40. The molecule has 0 saturated carbocycles. The zero-order valence-electron chi connectivity index (χ0n) is 24.9. The van der Waals surface area contributed by atoms with Crippen LogP contribution in [0.4, 0.5) is 19.0 Å². The molecular formula is C32H28F3N9O2. The van der Waals surface area contributed by atoms with E-state index < -0.39 is 35.0 Å². The minimum atomic E-state index is -4.61. The van der Waals surface area contributed by atoms with Gasteiger partial charge in [0.15, 0.2) is 17.0 Å². The van der Waals surface area contributed by atoms with Crippen molar-refractivity contribution < 1.29 is 18.0 Å². The van der Waals surface area contributed by atoms with Gasteiger partial charge in [-0.15, -0.1) is 5.10 Å². The van der Waals surface area contributed by atoms with Crippen LogP contribution in [0.25, 0.3) is 22.2 Å². The highest BCUT2D eigenvalue weighted by molar-refractivity contribution is 6.04. The fourth-order valence-corrected chi connectivity index (χ4v) is 5.38. The number of rotatable bonds is 5. The molecule has 0 aliphatic carbocycles. The third kappa shape index (κ3) is 4.99. The van der Waals surface area contributed by atoms with Crippen LogP contribution in [0.15, 0.2) is 76.9 Å². The summed E-state index contributed by atoms with van der Waals surface area (Å²) in [6.45, 7) is 2.93. The predicted molar refractivity (Wildman–Crippen MR) is 167 cm³/mol. The van der Waals surface area contributed by atoms with Gasteiger partial charge in [0, 0.05) is 43.7 Å². The van der Waals surface area contributed by atoms with Crippen molar-refractivity contribution in [2.75, 3.05) is 19.3 Å². The average Bonchev–Trinajstić information content (AvgIpc) is 3.53. The number of halogens is 3. The number of fused-ring (bicyclic) bond motifs is 2. The van der Waals surface area contributed by atoms with Gasteiger partial charge in [0.1, 0.15) is 11.4 Å². The van der Waals surface area contributed by atoms with Gasteiger partial charge in [-0.1, -0.05) is 43.0 Å². The van der Waals surface area contributed by atoms with E-state index in [9.17, 15) is 22.8 Å². The lowest BCUT2D eigenvalue weighted by Crippen LogP contribution is -2.55. The largest absolute Gasteiger partial charge is 0.414 e. The first kappa shape index (κ1) is 30.3. The summed E-state index contributed by atoms with van der Waals surface area (Å²) >= 11 is 0. The van der Waals surface area contributed by atoms with Crippen molar-refractivity contribution in [2.45, 2.75) is 31.5 Å². The van der Waals surface area contributed by atoms with E-state index in [0.717, 1.165) is 18.1 Å². The van der Waals surface area contributed by atoms with Gasteiger partial charge >= 0.3 is 6.18 Å². The van der Waals surface area contributed by atoms with Gasteiger partial charge in [0.05, 0.1) is 22.5 Å². The minimum Gasteiger partial charge on any atom is -0.381 e. The van der Waals surface area contributed by atoms with E-state index in [2.05, 4.69) is 32.3 Å². The molecule has 1 amide bonds. The molecule has 0 fully saturated rings. The highest BCUT2D eigenvalue weighted by Crippen LogP contribution is 2.42. The molecule has 234 valence electrons. The first-order valence-corrected chi connectivity index (χ1v) is 14.3. The summed E-state index contributed by atoms with van der Waals surface area (Å²) in [6, 6.07) is 15.3. The SMILES string of the molecule is C[C@@H](CNC(=O)c1c(N)nn2cccnc12)c1nc2cccc(C#CC3C=NN(C)C3(C)C(F)(F)F)c2c(=O)n1-c1ccccc1. The Hall–Kier alpha value is -5.71. The van der Waals surface area contributed by atoms with Gasteiger partial charge in [-0.25, -0.2) is 14.5 Å². The number of nitrogens with one attached hydrogen (secondary N) is 1. The number of nitrogens with zero attached hydrogens (tertiary/aromatic N) is 7. The van der Waals surface area contributed by atoms with Gasteiger partial charge in [0.2, 0.25) is 0 Å². The van der Waals surface area contributed by atoms with Crippen molar-refractivity contribution in [1.82, 2.24) is 34.5 Å². The van der Waals surface area contributed by atoms with Crippen LogP contribution in [-0.2, 0) is 0 Å². The first-order valence-electron chi connectivity index (χ1n) is 14.3. The number of anilines is 1. The molecule has 46 heavy (non-hydrogen) atoms. The predicted octanol–water partition coefficient (Wildman–Crippen LogP) is 3.76. The second kappa shape index (κ2) is 11.3. The summed E-state index contributed by atoms with van der Waals surface area (Å²) in [5, 5.41) is 11.8. The van der Waals surface area contributed by atoms with Crippen LogP contribution in [0, 0.1) is 17.8 Å². The molecule has 0 radical (unpaired) electrons. The molecule has 3 aromatic heterocycles. The van der Waals surface area contributed by atoms with Crippen molar-refractivity contribution in [3.8, 4) is 17.5 Å². The number of amides is 1. The number of hydrazone groups is 1. The molecule has 1 aliphatic rings. The minimum absolute atomic E-state index is 0.0218. The number of benzene rings is 2. The number of aromatic nitrogens is 5. The van der Waals surface area contributed by atoms with Gasteiger partial charge in [-0.2, -0.15) is 18.3 Å². The van der Waals surface area contributed by atoms with Crippen molar-refractivity contribution in [3.63, 3.8) is 0 Å². The van der Waals surface area contributed by atoms with E-state index in [-0.39, 0.29) is 28.9 Å². The van der Waals surface area contributed by atoms with Crippen LogP contribution in [0.3, 0.4) is 0 Å². The van der Waals surface area contributed by atoms with Gasteiger partial charge in [-0.3, -0.25) is 19.2 Å². The van der Waals surface area contributed by atoms with E-state index in [0.29, 0.717) is 22.7 Å². The number of para-hydroxylation sites is 1. The Bertz CT molecular complexity index is 2130. The number of alkyl halides is 3. The van der Waals surface area contributed by atoms with E-state index in [1.807, 2.05) is 6.92 Å². The number of hydrogen-bond acceptors (Lipinski definition) is 8. The van der Waals surface area contributed by atoms with Gasteiger partial charge in [0.25, 0.3) is 11.5 Å². The zero-order chi connectivity index (χ0) is 32.8. The third-order valence-corrected chi connectivity index (χ3v) is 8.20. The molecular weight excluding hydrogens is 599 g/mol. The molecule has 3 N–H and O–H groups in total. The number of carbonyl (C=O) groups excluding carboxylic acids is 1. The maximum absolute atomic E-state index is 14.2. The monoisotopic (exact) mass is 627 g/mol. The molecule has 6 rings (SSSR count). The fourth-order valence-electron chi connectivity index (χ4n) is 5.38. The summed E-state index contributed by atoms with van der Waals surface area (Å²) in [7, 11) is 1.25. The quantitative estimate of drug-likeness (QED) is 0.283. The Morgan fingerprint density at radius 3 is 2.65 bits per heavy atom. The maximum Gasteiger partial charge on any atom is 0.414 e. The lowest BCUT2D eigenvalue weighted by molar-refractivity contribution is -0.223. The van der Waals surface area contributed by atoms with Crippen LogP contribution in [-0.4, -0.2) is 66.6 Å². The second-order valence-electron chi connectivity index (χ2n) is 11.1. The smallest absolute Gasteiger partial charge is 0.381 e. The van der Waals surface area contributed by atoms with Crippen LogP contribution >= 0.6 is 0 Å². The Morgan fingerprint density at radius 2 is 1.91 bits per heavy atom. The van der Waals surface area contributed by atoms with Gasteiger partial charge in [-0.05, 0) is 37.3 Å². The van der Waals surface area contributed by atoms with Gasteiger partial charge < -0.3 is 11.1 Å². The number of nitrogens with two attached hydrogens (primary N) is 1. The Kier molecular flexibility index (Phi) is 7.47. The lowest BCUT2D eigenvalue weighted by atomic mass is 9.86. The summed E-state index contributed by atoms with van der Waals surface area (Å²) in [6.07, 6.45) is -0.285. The average molecular weight is 628 g/mol. The molecule has 0 bridgehead atoms. The standard InChI is InChI=1S/C32H28F3N9O2/c1-19(17-38-29(45)25-26(36)41-43-16-8-15-37-28(25)43)27-40-23-12-7-9-20(24(23)30(46)44(27)22-10-5-4-6-11-22)13-14-21-18-39-42(3)31(21,2)32(33,34)35/h4-12,15-16,18-19,21H,17H2,1-3H3,(H2,36,41)(H,38,45)/t19-,21?,31?/m0/s1. The molecule has 1 aliphatic heterocycles. The molecule has 14 heteroatoms. The Labute approximate surface area is 260 Å². The topological polar surface area (TPSA) is 136 Å². The number of nitrogen functional groups attached to an aromatic ring is 1. The zero-order valence-corrected chi connectivity index (χ0v) is 24.9. The van der Waals surface area contributed by atoms with Crippen molar-refractivity contribution in [3.05, 3.63) is 94.3 Å². The fraction of sp³-hybridized carbons (Fsp3) is 0.250. The van der Waals surface area contributed by atoms with Crippen molar-refractivity contribution in [2.24, 2.45) is 11.0 Å². The van der Waals surface area contributed by atoms with Crippen LogP contribution in [0.1, 0.15) is 41.5 Å². The molecule has 2 aromatic carbocycles. The third-order valence-electron chi connectivity index (χ3n) is 8.20. The highest BCUT2D eigenvalue weighted by Gasteiger charge is 2.60. The summed E-state index contributed by atoms with van der Waals surface area (Å²) in [5.41, 5.74) is 4.71. The maximum atomic E-state index is 14.2. The van der Waals surface area contributed by atoms with Crippen LogP contribution < -0.4 is 16.6 Å². The molecule has 4 heterocycles. The molecule has 2 unspecified atom stereocenters. The molecule has 3 atom stereocenters. The van der Waals surface area contributed by atoms with Crippen LogP contribution in [0.5, 0.6) is 0 Å². The molecule has 5 aromatic rings. The molecule has 0 saturated heterocycles. The molecule has 0 spiro atoms. The van der Waals surface area contributed by atoms with E-state index in [4.69, 9.17) is 10.7 Å². The first-order chi connectivity index (χ1) is 21.9. The normalized spacial score (nSPS) is 18.5. The van der Waals surface area contributed by atoms with E-state index >= 15 is 0 Å². The Morgan fingerprint density at radius 1 is 1.15 bits per heavy atom. The summed E-state index contributed by atoms with van der Waals surface area (Å²) in [5.74, 6) is 3.66. The van der Waals surface area contributed by atoms with Crippen LogP contribution in [0.2, 0.25) is 0 Å². The second-order valence-corrected chi connectivity index (χ2v) is 11.1. The van der Waals surface area contributed by atoms with E-state index in [1.165, 1.54) is 22.3 Å². The highest BCUT2D eigenvalue weighted by atomic mass is 19.4. The summed E-state index contributed by atoms with van der Waals surface area (Å²) < 4.78 is 45.0. The number of hydrogen-bond donors (Lipinski definition) is 2. The van der Waals surface area contributed by atoms with Crippen molar-refractivity contribution in [1.29, 1.82) is 0 Å². The van der Waals surface area contributed by atoms with E-state index in [1.54, 1.807) is 60.8 Å². The lowest BCUT2D eigenvalue weighted by Gasteiger charge is -2.36. The number of carbonyl (C=O) groups is 1. The molecule has 11 nitrogen and oxygen atoms in total.